The van der Waals surface area contributed by atoms with Crippen molar-refractivity contribution < 1.29 is 19.5 Å². The highest BCUT2D eigenvalue weighted by atomic mass is 32.2. The predicted molar refractivity (Wildman–Crippen MR) is 184 cm³/mol. The summed E-state index contributed by atoms with van der Waals surface area (Å²) in [7, 11) is 0. The molecule has 1 spiro atoms. The molecule has 4 aliphatic rings. The van der Waals surface area contributed by atoms with Gasteiger partial charge in [0.15, 0.2) is 0 Å². The number of hydrogen-bond donors (Lipinski definition) is 1. The average Bonchev–Trinajstić information content (AvgIpc) is 3.43. The molecular weight excluding hydrogens is 607 g/mol. The van der Waals surface area contributed by atoms with Crippen LogP contribution in [0, 0.1) is 11.8 Å². The van der Waals surface area contributed by atoms with Crippen LogP contribution in [0.25, 0.3) is 10.8 Å². The fourth-order valence-corrected chi connectivity index (χ4v) is 10.0. The zero-order chi connectivity index (χ0) is 32.1. The first-order valence-corrected chi connectivity index (χ1v) is 17.0. The minimum Gasteiger partial charge on any atom is -0.394 e. The minimum atomic E-state index is -0.993. The van der Waals surface area contributed by atoms with E-state index in [1.807, 2.05) is 126 Å². The van der Waals surface area contributed by atoms with Crippen molar-refractivity contribution in [3.63, 3.8) is 0 Å². The second-order valence-corrected chi connectivity index (χ2v) is 14.2. The SMILES string of the molecule is O=C1[C@@H]2[C@H](C=CCN1Cc1ccccc1)S[C@]13C=CCN(c4ccc5ccccc5c4)C(=O)C1N([C@H](CO)c1ccccc1)C(=O)[C@H]23. The highest BCUT2D eigenvalue weighted by Gasteiger charge is 2.72. The normalized spacial score (nSPS) is 27.4. The van der Waals surface area contributed by atoms with E-state index >= 15 is 4.79 Å². The van der Waals surface area contributed by atoms with Crippen LogP contribution in [0.1, 0.15) is 17.2 Å². The maximum absolute atomic E-state index is 15.1. The number of aliphatic hydroxyl groups excluding tert-OH is 1. The number of nitrogens with zero attached hydrogens (tertiary/aromatic N) is 3. The summed E-state index contributed by atoms with van der Waals surface area (Å²) >= 11 is 1.56. The number of fused-ring (bicyclic) bond motifs is 3. The molecule has 8 heteroatoms. The summed E-state index contributed by atoms with van der Waals surface area (Å²) in [6, 6.07) is 31.6. The molecule has 1 unspecified atom stereocenters. The largest absolute Gasteiger partial charge is 0.394 e. The lowest BCUT2D eigenvalue weighted by molar-refractivity contribution is -0.145. The van der Waals surface area contributed by atoms with Gasteiger partial charge in [0.25, 0.3) is 5.91 Å². The van der Waals surface area contributed by atoms with E-state index in [1.54, 1.807) is 21.6 Å². The maximum atomic E-state index is 15.1. The molecule has 1 N–H and O–H groups in total. The lowest BCUT2D eigenvalue weighted by atomic mass is 9.78. The standard InChI is InChI=1S/C39H35N3O4S/c43-25-31(28-14-5-2-6-15-28)42-35-38(46)41(30-19-18-27-13-7-8-16-29(27)23-30)22-10-20-39(35)34(37(42)45)33-32(47-39)17-9-21-40(36(33)44)24-26-11-3-1-4-12-26/h1-20,23,31-35,43H,21-22,24-25H2/t31-,32+,33-,34+,35?,39+/m1/s1. The smallest absolute Gasteiger partial charge is 0.251 e. The third kappa shape index (κ3) is 4.81. The first-order valence-electron chi connectivity index (χ1n) is 16.1. The molecule has 4 heterocycles. The Morgan fingerprint density at radius 3 is 2.28 bits per heavy atom. The van der Waals surface area contributed by atoms with Crippen molar-refractivity contribution in [2.24, 2.45) is 11.8 Å². The Balaban J connectivity index is 1.24. The molecule has 0 aromatic heterocycles. The molecule has 6 atom stereocenters. The molecule has 0 radical (unpaired) electrons. The zero-order valence-corrected chi connectivity index (χ0v) is 26.6. The highest BCUT2D eigenvalue weighted by Crippen LogP contribution is 2.62. The predicted octanol–water partition coefficient (Wildman–Crippen LogP) is 5.37. The summed E-state index contributed by atoms with van der Waals surface area (Å²) in [4.78, 5) is 49.7. The number of amides is 3. The van der Waals surface area contributed by atoms with Crippen LogP contribution in [0.3, 0.4) is 0 Å². The van der Waals surface area contributed by atoms with E-state index in [9.17, 15) is 14.7 Å². The molecule has 0 bridgehead atoms. The molecule has 2 saturated heterocycles. The second-order valence-electron chi connectivity index (χ2n) is 12.7. The van der Waals surface area contributed by atoms with Crippen LogP contribution in [-0.4, -0.2) is 68.4 Å². The molecule has 3 amide bonds. The third-order valence-electron chi connectivity index (χ3n) is 10.1. The van der Waals surface area contributed by atoms with Gasteiger partial charge >= 0.3 is 0 Å². The first kappa shape index (κ1) is 29.7. The third-order valence-corrected chi connectivity index (χ3v) is 11.9. The molecule has 4 aromatic carbocycles. The molecule has 4 aromatic rings. The van der Waals surface area contributed by atoms with Crippen LogP contribution in [-0.2, 0) is 20.9 Å². The van der Waals surface area contributed by atoms with Crippen LogP contribution < -0.4 is 4.90 Å². The van der Waals surface area contributed by atoms with Gasteiger partial charge in [-0.05, 0) is 34.0 Å². The number of aliphatic hydroxyl groups is 1. The lowest BCUT2D eigenvalue weighted by Crippen LogP contribution is -2.54. The Kier molecular flexibility index (Phi) is 7.50. The number of carbonyl (C=O) groups excluding carboxylic acids is 3. The van der Waals surface area contributed by atoms with E-state index in [0.29, 0.717) is 19.6 Å². The summed E-state index contributed by atoms with van der Waals surface area (Å²) in [5.74, 6) is -1.98. The van der Waals surface area contributed by atoms with Crippen molar-refractivity contribution in [2.75, 3.05) is 24.6 Å². The number of anilines is 1. The van der Waals surface area contributed by atoms with Crippen molar-refractivity contribution in [3.8, 4) is 0 Å². The minimum absolute atomic E-state index is 0.0797. The Hall–Kier alpha value is -4.66. The van der Waals surface area contributed by atoms with E-state index < -0.39 is 28.7 Å². The summed E-state index contributed by atoms with van der Waals surface area (Å²) in [6.07, 6.45) is 8.10. The van der Waals surface area contributed by atoms with Crippen molar-refractivity contribution in [1.29, 1.82) is 0 Å². The summed E-state index contributed by atoms with van der Waals surface area (Å²) < 4.78 is -0.993. The Morgan fingerprint density at radius 2 is 1.51 bits per heavy atom. The van der Waals surface area contributed by atoms with Crippen molar-refractivity contribution in [3.05, 3.63) is 139 Å². The van der Waals surface area contributed by atoms with E-state index in [4.69, 9.17) is 0 Å². The Bertz CT molecular complexity index is 1910. The van der Waals surface area contributed by atoms with E-state index in [1.165, 1.54) is 0 Å². The first-order chi connectivity index (χ1) is 23.0. The molecule has 7 nitrogen and oxygen atoms in total. The Morgan fingerprint density at radius 1 is 0.787 bits per heavy atom. The number of hydrogen-bond acceptors (Lipinski definition) is 5. The summed E-state index contributed by atoms with van der Waals surface area (Å²) in [5, 5.41) is 12.7. The van der Waals surface area contributed by atoms with Gasteiger partial charge < -0.3 is 19.8 Å². The highest BCUT2D eigenvalue weighted by molar-refractivity contribution is 8.02. The molecule has 8 rings (SSSR count). The fourth-order valence-electron chi connectivity index (χ4n) is 8.02. The van der Waals surface area contributed by atoms with Gasteiger partial charge in [0, 0.05) is 30.6 Å². The molecule has 47 heavy (non-hydrogen) atoms. The van der Waals surface area contributed by atoms with E-state index in [2.05, 4.69) is 6.08 Å². The zero-order valence-electron chi connectivity index (χ0n) is 25.8. The monoisotopic (exact) mass is 641 g/mol. The van der Waals surface area contributed by atoms with E-state index in [0.717, 1.165) is 27.6 Å². The Labute approximate surface area is 278 Å². The lowest BCUT2D eigenvalue weighted by Gasteiger charge is -2.38. The quantitative estimate of drug-likeness (QED) is 0.287. The molecular formula is C39H35N3O4S. The fraction of sp³-hybridized carbons (Fsp3) is 0.256. The van der Waals surface area contributed by atoms with Crippen LogP contribution in [0.2, 0.25) is 0 Å². The molecule has 0 saturated carbocycles. The van der Waals surface area contributed by atoms with Gasteiger partial charge in [-0.1, -0.05) is 115 Å². The van der Waals surface area contributed by atoms with Crippen LogP contribution in [0.5, 0.6) is 0 Å². The van der Waals surface area contributed by atoms with Gasteiger partial charge in [-0.2, -0.15) is 0 Å². The molecule has 236 valence electrons. The number of rotatable bonds is 6. The number of benzene rings is 4. The topological polar surface area (TPSA) is 81.2 Å². The van der Waals surface area contributed by atoms with Crippen molar-refractivity contribution in [1.82, 2.24) is 9.80 Å². The van der Waals surface area contributed by atoms with Crippen molar-refractivity contribution in [2.45, 2.75) is 28.6 Å². The van der Waals surface area contributed by atoms with Gasteiger partial charge in [0.05, 0.1) is 29.2 Å². The van der Waals surface area contributed by atoms with Gasteiger partial charge in [-0.3, -0.25) is 14.4 Å². The maximum Gasteiger partial charge on any atom is 0.251 e. The summed E-state index contributed by atoms with van der Waals surface area (Å²) in [5.41, 5.74) is 2.51. The number of carbonyl (C=O) groups is 3. The van der Waals surface area contributed by atoms with Gasteiger partial charge in [0.1, 0.15) is 6.04 Å². The number of thioether (sulfide) groups is 1. The van der Waals surface area contributed by atoms with Crippen LogP contribution in [0.15, 0.2) is 127 Å². The van der Waals surface area contributed by atoms with Crippen LogP contribution >= 0.6 is 11.8 Å². The average molecular weight is 642 g/mol. The van der Waals surface area contributed by atoms with Gasteiger partial charge in [-0.25, -0.2) is 0 Å². The van der Waals surface area contributed by atoms with E-state index in [-0.39, 0.29) is 29.6 Å². The van der Waals surface area contributed by atoms with Gasteiger partial charge in [-0.15, -0.1) is 11.8 Å². The van der Waals surface area contributed by atoms with Gasteiger partial charge in [0.2, 0.25) is 11.8 Å². The second kappa shape index (κ2) is 11.9. The van der Waals surface area contributed by atoms with Crippen LogP contribution in [0.4, 0.5) is 5.69 Å². The molecule has 4 aliphatic heterocycles. The number of likely N-dealkylation sites (tertiary alicyclic amines) is 1. The van der Waals surface area contributed by atoms with Crippen molar-refractivity contribution >= 4 is 45.9 Å². The summed E-state index contributed by atoms with van der Waals surface area (Å²) in [6.45, 7) is 0.872. The molecule has 0 aliphatic carbocycles. The molecule has 2 fully saturated rings.